The molecule has 0 fully saturated rings. The molecule has 0 saturated heterocycles. The highest BCUT2D eigenvalue weighted by Crippen LogP contribution is 2.36. The Morgan fingerprint density at radius 1 is 1.32 bits per heavy atom. The lowest BCUT2D eigenvalue weighted by atomic mass is 10.2. The summed E-state index contributed by atoms with van der Waals surface area (Å²) in [7, 11) is 0. The first kappa shape index (κ1) is 21.4. The number of primary amides is 1. The fourth-order valence-corrected chi connectivity index (χ4v) is 5.85. The smallest absolute Gasteiger partial charge is 0.318 e. The number of carbonyl (C=O) groups is 2. The normalized spacial score (nSPS) is 13.7. The highest BCUT2D eigenvalue weighted by molar-refractivity contribution is 8.00. The number of hydrogen-bond donors (Lipinski definition) is 2. The van der Waals surface area contributed by atoms with Gasteiger partial charge in [-0.15, -0.1) is 11.3 Å². The van der Waals surface area contributed by atoms with Crippen LogP contribution in [0.25, 0.3) is 15.9 Å². The highest BCUT2D eigenvalue weighted by atomic mass is 32.2. The van der Waals surface area contributed by atoms with Gasteiger partial charge in [-0.3, -0.25) is 19.5 Å². The quantitative estimate of drug-likeness (QED) is 0.433. The van der Waals surface area contributed by atoms with Crippen LogP contribution < -0.4 is 21.3 Å². The molecule has 31 heavy (non-hydrogen) atoms. The molecular formula is C21H22N4O4S2. The number of rotatable bonds is 6. The number of nitrogens with one attached hydrogen (secondary N) is 1. The lowest BCUT2D eigenvalue weighted by Gasteiger charge is -2.15. The molecule has 10 heteroatoms. The molecule has 3 N–H and O–H groups in total. The van der Waals surface area contributed by atoms with Crippen molar-refractivity contribution in [3.05, 3.63) is 45.1 Å². The Labute approximate surface area is 186 Å². The molecule has 1 aliphatic carbocycles. The Bertz CT molecular complexity index is 1220. The largest absolute Gasteiger partial charge is 0.494 e. The van der Waals surface area contributed by atoms with Crippen LogP contribution in [-0.2, 0) is 17.6 Å². The van der Waals surface area contributed by atoms with Crippen LogP contribution >= 0.6 is 23.1 Å². The number of thioether (sulfide) groups is 1. The number of imide groups is 1. The topological polar surface area (TPSA) is 116 Å². The van der Waals surface area contributed by atoms with Crippen molar-refractivity contribution in [3.63, 3.8) is 0 Å². The summed E-state index contributed by atoms with van der Waals surface area (Å²) in [5.41, 5.74) is 6.63. The number of benzene rings is 1. The number of thiophene rings is 1. The monoisotopic (exact) mass is 458 g/mol. The van der Waals surface area contributed by atoms with Gasteiger partial charge in [-0.2, -0.15) is 0 Å². The molecule has 0 aliphatic heterocycles. The molecular weight excluding hydrogens is 436 g/mol. The fourth-order valence-electron chi connectivity index (χ4n) is 3.62. The van der Waals surface area contributed by atoms with E-state index >= 15 is 0 Å². The molecule has 2 heterocycles. The van der Waals surface area contributed by atoms with Crippen LogP contribution in [0.4, 0.5) is 4.79 Å². The number of carbonyl (C=O) groups excluding carboxylic acids is 2. The molecule has 1 atom stereocenters. The number of fused-ring (bicyclic) bond motifs is 3. The van der Waals surface area contributed by atoms with Gasteiger partial charge in [-0.05, 0) is 62.9 Å². The van der Waals surface area contributed by atoms with E-state index in [1.54, 1.807) is 42.5 Å². The van der Waals surface area contributed by atoms with Gasteiger partial charge >= 0.3 is 6.03 Å². The summed E-state index contributed by atoms with van der Waals surface area (Å²) in [6.45, 7) is 4.08. The molecule has 162 valence electrons. The first-order valence-corrected chi connectivity index (χ1v) is 11.7. The van der Waals surface area contributed by atoms with Crippen molar-refractivity contribution < 1.29 is 14.3 Å². The van der Waals surface area contributed by atoms with Gasteiger partial charge < -0.3 is 10.5 Å². The second-order valence-corrected chi connectivity index (χ2v) is 9.50. The minimum absolute atomic E-state index is 0.154. The predicted octanol–water partition coefficient (Wildman–Crippen LogP) is 3.01. The van der Waals surface area contributed by atoms with Crippen molar-refractivity contribution in [2.75, 3.05) is 6.61 Å². The van der Waals surface area contributed by atoms with E-state index in [0.717, 1.165) is 36.6 Å². The zero-order valence-electron chi connectivity index (χ0n) is 17.1. The molecule has 3 aromatic rings. The number of aromatic nitrogens is 2. The maximum Gasteiger partial charge on any atom is 0.318 e. The van der Waals surface area contributed by atoms with Gasteiger partial charge in [0.05, 0.1) is 22.9 Å². The molecule has 0 spiro atoms. The Balaban J connectivity index is 1.83. The zero-order chi connectivity index (χ0) is 22.1. The Kier molecular flexibility index (Phi) is 6.01. The van der Waals surface area contributed by atoms with E-state index < -0.39 is 17.2 Å². The molecule has 8 nitrogen and oxygen atoms in total. The number of nitrogens with zero attached hydrogens (tertiary/aromatic N) is 2. The van der Waals surface area contributed by atoms with Crippen LogP contribution in [0.2, 0.25) is 0 Å². The summed E-state index contributed by atoms with van der Waals surface area (Å²) in [4.78, 5) is 43.5. The van der Waals surface area contributed by atoms with Crippen molar-refractivity contribution in [1.82, 2.24) is 14.9 Å². The van der Waals surface area contributed by atoms with Crippen LogP contribution in [0.3, 0.4) is 0 Å². The van der Waals surface area contributed by atoms with Crippen LogP contribution in [0.1, 0.15) is 30.7 Å². The molecule has 3 amide bonds. The van der Waals surface area contributed by atoms with Crippen LogP contribution in [0, 0.1) is 0 Å². The molecule has 1 aliphatic rings. The van der Waals surface area contributed by atoms with Crippen molar-refractivity contribution in [3.8, 4) is 11.4 Å². The summed E-state index contributed by atoms with van der Waals surface area (Å²) in [5.74, 6) is 0.159. The Hall–Kier alpha value is -2.85. The Morgan fingerprint density at radius 2 is 2.06 bits per heavy atom. The first-order valence-electron chi connectivity index (χ1n) is 9.96. The molecule has 4 rings (SSSR count). The maximum atomic E-state index is 13.6. The SMILES string of the molecule is CCOc1ccc(-n2c(SC(C)C(=O)NC(N)=O)nc3sc4c(c3c2=O)CCC4)cc1. The third kappa shape index (κ3) is 4.17. The third-order valence-corrected chi connectivity index (χ3v) is 7.25. The van der Waals surface area contributed by atoms with Gasteiger partial charge in [-0.1, -0.05) is 11.8 Å². The first-order chi connectivity index (χ1) is 14.9. The molecule has 0 saturated carbocycles. The molecule has 0 radical (unpaired) electrons. The van der Waals surface area contributed by atoms with E-state index in [9.17, 15) is 14.4 Å². The summed E-state index contributed by atoms with van der Waals surface area (Å²) in [6, 6.07) is 6.27. The summed E-state index contributed by atoms with van der Waals surface area (Å²) >= 11 is 2.65. The standard InChI is InChI=1S/C21H22N4O4S2/c1-3-29-13-9-7-12(8-10-13)25-19(27)16-14-5-4-6-15(14)31-18(16)24-21(25)30-11(2)17(26)23-20(22)28/h7-11H,3-6H2,1-2H3,(H3,22,23,26,28). The lowest BCUT2D eigenvalue weighted by Crippen LogP contribution is -2.39. The summed E-state index contributed by atoms with van der Waals surface area (Å²) in [5, 5.41) is 2.43. The summed E-state index contributed by atoms with van der Waals surface area (Å²) in [6.07, 6.45) is 2.87. The van der Waals surface area contributed by atoms with E-state index in [4.69, 9.17) is 15.5 Å². The van der Waals surface area contributed by atoms with E-state index in [-0.39, 0.29) is 5.56 Å². The molecule has 1 aromatic carbocycles. The van der Waals surface area contributed by atoms with E-state index in [0.29, 0.717) is 33.4 Å². The van der Waals surface area contributed by atoms with Crippen LogP contribution in [0.5, 0.6) is 5.75 Å². The van der Waals surface area contributed by atoms with Gasteiger partial charge in [0.25, 0.3) is 5.56 Å². The van der Waals surface area contributed by atoms with Gasteiger partial charge in [0, 0.05) is 4.88 Å². The van der Waals surface area contributed by atoms with Crippen LogP contribution in [0.15, 0.2) is 34.2 Å². The van der Waals surface area contributed by atoms with Gasteiger partial charge in [0.1, 0.15) is 10.6 Å². The maximum absolute atomic E-state index is 13.6. The Morgan fingerprint density at radius 3 is 2.74 bits per heavy atom. The van der Waals surface area contributed by atoms with Crippen molar-refractivity contribution in [1.29, 1.82) is 0 Å². The van der Waals surface area contributed by atoms with Gasteiger partial charge in [-0.25, -0.2) is 9.78 Å². The predicted molar refractivity (Wildman–Crippen MR) is 121 cm³/mol. The second-order valence-electron chi connectivity index (χ2n) is 7.11. The molecule has 0 bridgehead atoms. The minimum Gasteiger partial charge on any atom is -0.494 e. The molecule has 2 aromatic heterocycles. The third-order valence-electron chi connectivity index (χ3n) is 5.01. The zero-order valence-corrected chi connectivity index (χ0v) is 18.8. The number of hydrogen-bond acceptors (Lipinski definition) is 7. The average molecular weight is 459 g/mol. The lowest BCUT2D eigenvalue weighted by molar-refractivity contribution is -0.119. The average Bonchev–Trinajstić information content (AvgIpc) is 3.29. The second kappa shape index (κ2) is 8.72. The van der Waals surface area contributed by atoms with Crippen molar-refractivity contribution >= 4 is 45.3 Å². The number of aryl methyl sites for hydroxylation is 2. The number of nitrogens with two attached hydrogens (primary N) is 1. The summed E-state index contributed by atoms with van der Waals surface area (Å²) < 4.78 is 7.04. The van der Waals surface area contributed by atoms with Crippen LogP contribution in [-0.4, -0.2) is 33.3 Å². The highest BCUT2D eigenvalue weighted by Gasteiger charge is 2.26. The van der Waals surface area contributed by atoms with Gasteiger partial charge in [0.2, 0.25) is 5.91 Å². The van der Waals surface area contributed by atoms with Crippen molar-refractivity contribution in [2.45, 2.75) is 43.5 Å². The van der Waals surface area contributed by atoms with Crippen molar-refractivity contribution in [2.24, 2.45) is 5.73 Å². The number of ether oxygens (including phenoxy) is 1. The molecule has 1 unspecified atom stereocenters. The minimum atomic E-state index is -0.917. The van der Waals surface area contributed by atoms with Gasteiger partial charge in [0.15, 0.2) is 5.16 Å². The fraction of sp³-hybridized carbons (Fsp3) is 0.333. The number of urea groups is 1. The van der Waals surface area contributed by atoms with E-state index in [1.807, 2.05) is 6.92 Å². The van der Waals surface area contributed by atoms with E-state index in [2.05, 4.69) is 5.32 Å². The number of amides is 3. The van der Waals surface area contributed by atoms with E-state index in [1.165, 1.54) is 9.44 Å².